The maximum absolute atomic E-state index is 12.9. The summed E-state index contributed by atoms with van der Waals surface area (Å²) in [6.07, 6.45) is 0. The maximum Gasteiger partial charge on any atom is 0.262 e. The molecule has 7 nitrogen and oxygen atoms in total. The molecule has 8 heteroatoms. The minimum atomic E-state index is -0.0463. The van der Waals surface area contributed by atoms with E-state index in [0.717, 1.165) is 5.56 Å². The van der Waals surface area contributed by atoms with Crippen LogP contribution in [0.1, 0.15) is 32.7 Å². The highest BCUT2D eigenvalue weighted by Gasteiger charge is 2.17. The van der Waals surface area contributed by atoms with E-state index in [1.807, 2.05) is 63.2 Å². The minimum Gasteiger partial charge on any atom is -0.493 e. The van der Waals surface area contributed by atoms with E-state index in [2.05, 4.69) is 10.1 Å². The number of hydrogen-bond acceptors (Lipinski definition) is 7. The highest BCUT2D eigenvalue weighted by molar-refractivity contribution is 7.98. The molecule has 0 amide bonds. The molecule has 0 atom stereocenters. The molecule has 0 spiro atoms. The number of ether oxygens (including phenoxy) is 1. The standard InChI is InChI=1S/C22H22N4O3S/c1-4-28-18-12-8-6-10-16(18)20-24-19(29-25-20)13-30-22-23-17-11-7-5-9-15(17)21(27)26(22)14(2)3/h5-12,14H,4,13H2,1-3H3. The van der Waals surface area contributed by atoms with Crippen molar-refractivity contribution in [2.75, 3.05) is 6.61 Å². The summed E-state index contributed by atoms with van der Waals surface area (Å²) in [5.74, 6) is 2.05. The highest BCUT2D eigenvalue weighted by Crippen LogP contribution is 2.29. The fraction of sp³-hybridized carbons (Fsp3) is 0.273. The van der Waals surface area contributed by atoms with E-state index in [-0.39, 0.29) is 11.6 Å². The van der Waals surface area contributed by atoms with Crippen LogP contribution in [0, 0.1) is 0 Å². The van der Waals surface area contributed by atoms with Gasteiger partial charge in [0.2, 0.25) is 11.7 Å². The predicted octanol–water partition coefficient (Wildman–Crippen LogP) is 4.72. The van der Waals surface area contributed by atoms with Crippen LogP contribution in [0.3, 0.4) is 0 Å². The van der Waals surface area contributed by atoms with Crippen LogP contribution in [0.2, 0.25) is 0 Å². The number of para-hydroxylation sites is 2. The summed E-state index contributed by atoms with van der Waals surface area (Å²) in [5.41, 5.74) is 1.41. The van der Waals surface area contributed by atoms with Gasteiger partial charge in [-0.25, -0.2) is 4.98 Å². The zero-order chi connectivity index (χ0) is 21.1. The number of thioether (sulfide) groups is 1. The number of benzene rings is 2. The summed E-state index contributed by atoms with van der Waals surface area (Å²) in [5, 5.41) is 5.34. The summed E-state index contributed by atoms with van der Waals surface area (Å²) < 4.78 is 12.8. The summed E-state index contributed by atoms with van der Waals surface area (Å²) in [4.78, 5) is 22.1. The Hall–Kier alpha value is -3.13. The smallest absolute Gasteiger partial charge is 0.262 e. The second kappa shape index (κ2) is 8.71. The first-order valence-corrected chi connectivity index (χ1v) is 10.8. The van der Waals surface area contributed by atoms with E-state index in [1.54, 1.807) is 10.6 Å². The first-order chi connectivity index (χ1) is 14.6. The molecule has 2 heterocycles. The third-order valence-corrected chi connectivity index (χ3v) is 5.45. The SMILES string of the molecule is CCOc1ccccc1-c1noc(CSc2nc3ccccc3c(=O)n2C(C)C)n1. The van der Waals surface area contributed by atoms with E-state index in [0.29, 0.717) is 45.9 Å². The Morgan fingerprint density at radius 3 is 2.67 bits per heavy atom. The molecule has 0 saturated carbocycles. The molecule has 0 N–H and O–H groups in total. The average Bonchev–Trinajstić information content (AvgIpc) is 3.21. The van der Waals surface area contributed by atoms with Gasteiger partial charge < -0.3 is 9.26 Å². The van der Waals surface area contributed by atoms with Crippen molar-refractivity contribution in [1.29, 1.82) is 0 Å². The summed E-state index contributed by atoms with van der Waals surface area (Å²) in [6.45, 7) is 6.42. The van der Waals surface area contributed by atoms with Crippen LogP contribution in [-0.2, 0) is 5.75 Å². The highest BCUT2D eigenvalue weighted by atomic mass is 32.2. The molecule has 30 heavy (non-hydrogen) atoms. The van der Waals surface area contributed by atoms with Crippen LogP contribution in [-0.4, -0.2) is 26.3 Å². The zero-order valence-corrected chi connectivity index (χ0v) is 17.8. The number of rotatable bonds is 7. The Bertz CT molecular complexity index is 1230. The van der Waals surface area contributed by atoms with Gasteiger partial charge in [-0.3, -0.25) is 9.36 Å². The quantitative estimate of drug-likeness (QED) is 0.315. The monoisotopic (exact) mass is 422 g/mol. The molecule has 0 radical (unpaired) electrons. The third-order valence-electron chi connectivity index (χ3n) is 4.51. The Kier molecular flexibility index (Phi) is 5.85. The molecular formula is C22H22N4O3S. The van der Waals surface area contributed by atoms with Gasteiger partial charge >= 0.3 is 0 Å². The second-order valence-corrected chi connectivity index (χ2v) is 7.85. The van der Waals surface area contributed by atoms with Gasteiger partial charge in [0.15, 0.2) is 5.16 Å². The molecule has 0 aliphatic rings. The van der Waals surface area contributed by atoms with Crippen molar-refractivity contribution < 1.29 is 9.26 Å². The van der Waals surface area contributed by atoms with Crippen molar-refractivity contribution in [2.24, 2.45) is 0 Å². The first-order valence-electron chi connectivity index (χ1n) is 9.77. The molecule has 154 valence electrons. The van der Waals surface area contributed by atoms with Gasteiger partial charge in [-0.2, -0.15) is 4.98 Å². The van der Waals surface area contributed by atoms with Gasteiger partial charge in [-0.15, -0.1) is 0 Å². The van der Waals surface area contributed by atoms with Crippen molar-refractivity contribution in [3.05, 3.63) is 64.8 Å². The van der Waals surface area contributed by atoms with E-state index in [9.17, 15) is 4.79 Å². The van der Waals surface area contributed by atoms with Gasteiger partial charge in [-0.05, 0) is 45.0 Å². The number of fused-ring (bicyclic) bond motifs is 1. The summed E-state index contributed by atoms with van der Waals surface area (Å²) >= 11 is 1.40. The molecule has 4 aromatic rings. The normalized spacial score (nSPS) is 11.3. The molecule has 0 aliphatic carbocycles. The number of hydrogen-bond donors (Lipinski definition) is 0. The fourth-order valence-corrected chi connectivity index (χ4v) is 4.13. The van der Waals surface area contributed by atoms with E-state index >= 15 is 0 Å². The topological polar surface area (TPSA) is 83.0 Å². The van der Waals surface area contributed by atoms with Crippen molar-refractivity contribution in [3.63, 3.8) is 0 Å². The molecule has 2 aromatic carbocycles. The maximum atomic E-state index is 12.9. The molecule has 0 saturated heterocycles. The zero-order valence-electron chi connectivity index (χ0n) is 17.0. The van der Waals surface area contributed by atoms with Crippen LogP contribution in [0.15, 0.2) is 63.0 Å². The Labute approximate surface area is 178 Å². The summed E-state index contributed by atoms with van der Waals surface area (Å²) in [6, 6.07) is 14.9. The molecule has 2 aromatic heterocycles. The lowest BCUT2D eigenvalue weighted by Gasteiger charge is -2.15. The lowest BCUT2D eigenvalue weighted by Crippen LogP contribution is -2.25. The molecular weight excluding hydrogens is 400 g/mol. The molecule has 0 bridgehead atoms. The van der Waals surface area contributed by atoms with Crippen LogP contribution in [0.4, 0.5) is 0 Å². The Morgan fingerprint density at radius 2 is 1.87 bits per heavy atom. The Balaban J connectivity index is 1.62. The van der Waals surface area contributed by atoms with Crippen molar-refractivity contribution in [2.45, 2.75) is 37.7 Å². The van der Waals surface area contributed by atoms with Crippen molar-refractivity contribution in [1.82, 2.24) is 19.7 Å². The van der Waals surface area contributed by atoms with Gasteiger partial charge in [0.05, 0.1) is 28.8 Å². The van der Waals surface area contributed by atoms with Crippen LogP contribution in [0.25, 0.3) is 22.3 Å². The van der Waals surface area contributed by atoms with Gasteiger partial charge in [0.25, 0.3) is 5.56 Å². The average molecular weight is 423 g/mol. The summed E-state index contributed by atoms with van der Waals surface area (Å²) in [7, 11) is 0. The molecule has 0 unspecified atom stereocenters. The minimum absolute atomic E-state index is 0.0200. The lowest BCUT2D eigenvalue weighted by atomic mass is 10.2. The second-order valence-electron chi connectivity index (χ2n) is 6.91. The third kappa shape index (κ3) is 3.95. The van der Waals surface area contributed by atoms with Crippen LogP contribution < -0.4 is 10.3 Å². The van der Waals surface area contributed by atoms with Crippen LogP contribution >= 0.6 is 11.8 Å². The van der Waals surface area contributed by atoms with Crippen molar-refractivity contribution in [3.8, 4) is 17.1 Å². The van der Waals surface area contributed by atoms with Gasteiger partial charge in [0, 0.05) is 6.04 Å². The Morgan fingerprint density at radius 1 is 1.10 bits per heavy atom. The number of aromatic nitrogens is 4. The fourth-order valence-electron chi connectivity index (χ4n) is 3.16. The number of nitrogens with zero attached hydrogens (tertiary/aromatic N) is 4. The largest absolute Gasteiger partial charge is 0.493 e. The van der Waals surface area contributed by atoms with E-state index < -0.39 is 0 Å². The van der Waals surface area contributed by atoms with E-state index in [1.165, 1.54) is 11.8 Å². The predicted molar refractivity (Wildman–Crippen MR) is 117 cm³/mol. The van der Waals surface area contributed by atoms with Gasteiger partial charge in [0.1, 0.15) is 5.75 Å². The molecule has 0 fully saturated rings. The van der Waals surface area contributed by atoms with Crippen LogP contribution in [0.5, 0.6) is 5.75 Å². The first kappa shape index (κ1) is 20.2. The lowest BCUT2D eigenvalue weighted by molar-refractivity contribution is 0.341. The molecule has 0 aliphatic heterocycles. The van der Waals surface area contributed by atoms with E-state index in [4.69, 9.17) is 14.2 Å². The van der Waals surface area contributed by atoms with Crippen molar-refractivity contribution >= 4 is 22.7 Å². The van der Waals surface area contributed by atoms with Gasteiger partial charge in [-0.1, -0.05) is 41.2 Å². The molecule has 4 rings (SSSR count).